The molecular weight excluding hydrogens is 232 g/mol. The van der Waals surface area contributed by atoms with Gasteiger partial charge < -0.3 is 10.6 Å². The quantitative estimate of drug-likeness (QED) is 0.868. The van der Waals surface area contributed by atoms with Gasteiger partial charge in [-0.05, 0) is 12.5 Å². The van der Waals surface area contributed by atoms with Gasteiger partial charge in [0, 0.05) is 24.1 Å². The van der Waals surface area contributed by atoms with Crippen molar-refractivity contribution >= 4 is 17.7 Å². The van der Waals surface area contributed by atoms with Crippen LogP contribution in [0.1, 0.15) is 18.5 Å². The lowest BCUT2D eigenvalue weighted by Gasteiger charge is -2.34. The predicted molar refractivity (Wildman–Crippen MR) is 71.9 cm³/mol. The van der Waals surface area contributed by atoms with E-state index in [2.05, 4.69) is 6.92 Å². The molecule has 3 nitrogen and oxygen atoms in total. The van der Waals surface area contributed by atoms with Crippen LogP contribution >= 0.6 is 11.8 Å². The van der Waals surface area contributed by atoms with Gasteiger partial charge in [0.2, 0.25) is 5.91 Å². The summed E-state index contributed by atoms with van der Waals surface area (Å²) in [5.41, 5.74) is 6.93. The number of nitrogens with zero attached hydrogens (tertiary/aromatic N) is 1. The number of carbonyl (C=O) groups excluding carboxylic acids is 1. The van der Waals surface area contributed by atoms with Gasteiger partial charge in [0.05, 0.1) is 0 Å². The minimum Gasteiger partial charge on any atom is -0.337 e. The van der Waals surface area contributed by atoms with Crippen LogP contribution in [0.4, 0.5) is 0 Å². The van der Waals surface area contributed by atoms with Gasteiger partial charge in [0.25, 0.3) is 0 Å². The molecule has 17 heavy (non-hydrogen) atoms. The third-order valence-electron chi connectivity index (χ3n) is 3.08. The highest BCUT2D eigenvalue weighted by Crippen LogP contribution is 2.20. The van der Waals surface area contributed by atoms with E-state index in [0.29, 0.717) is 0 Å². The van der Waals surface area contributed by atoms with Crippen molar-refractivity contribution in [1.82, 2.24) is 4.90 Å². The summed E-state index contributed by atoms with van der Waals surface area (Å²) >= 11 is 1.90. The highest BCUT2D eigenvalue weighted by atomic mass is 32.2. The van der Waals surface area contributed by atoms with E-state index in [-0.39, 0.29) is 11.9 Å². The number of thioether (sulfide) groups is 1. The molecule has 1 heterocycles. The molecule has 0 bridgehead atoms. The van der Waals surface area contributed by atoms with Crippen molar-refractivity contribution in [1.29, 1.82) is 0 Å². The number of nitrogens with two attached hydrogens (primary N) is 1. The van der Waals surface area contributed by atoms with Crippen LogP contribution in [0.25, 0.3) is 0 Å². The average molecular weight is 250 g/mol. The number of rotatable bonds is 2. The largest absolute Gasteiger partial charge is 0.337 e. The molecule has 1 fully saturated rings. The fourth-order valence-corrected chi connectivity index (χ4v) is 3.05. The second-order valence-corrected chi connectivity index (χ2v) is 5.49. The Morgan fingerprint density at radius 3 is 2.82 bits per heavy atom. The zero-order valence-corrected chi connectivity index (χ0v) is 10.8. The van der Waals surface area contributed by atoms with E-state index in [9.17, 15) is 4.79 Å². The molecule has 0 aliphatic carbocycles. The number of amides is 1. The van der Waals surface area contributed by atoms with E-state index >= 15 is 0 Å². The lowest BCUT2D eigenvalue weighted by atomic mass is 10.1. The highest BCUT2D eigenvalue weighted by molar-refractivity contribution is 7.99. The fourth-order valence-electron chi connectivity index (χ4n) is 2.04. The lowest BCUT2D eigenvalue weighted by Crippen LogP contribution is -2.48. The van der Waals surface area contributed by atoms with E-state index in [0.717, 1.165) is 23.6 Å². The minimum absolute atomic E-state index is 0.0454. The summed E-state index contributed by atoms with van der Waals surface area (Å²) in [5, 5.41) is 0. The molecule has 1 saturated heterocycles. The van der Waals surface area contributed by atoms with Crippen molar-refractivity contribution in [2.75, 3.05) is 18.1 Å². The third-order valence-corrected chi connectivity index (χ3v) is 4.26. The minimum atomic E-state index is -0.526. The average Bonchev–Trinajstić information content (AvgIpc) is 2.39. The lowest BCUT2D eigenvalue weighted by molar-refractivity contribution is -0.134. The van der Waals surface area contributed by atoms with Crippen LogP contribution in [0.2, 0.25) is 0 Å². The van der Waals surface area contributed by atoms with E-state index in [1.165, 1.54) is 0 Å². The fraction of sp³-hybridized carbons (Fsp3) is 0.462. The second-order valence-electron chi connectivity index (χ2n) is 4.34. The van der Waals surface area contributed by atoms with Gasteiger partial charge in [-0.15, -0.1) is 0 Å². The van der Waals surface area contributed by atoms with Crippen LogP contribution in [-0.2, 0) is 4.79 Å². The molecule has 1 aliphatic rings. The molecule has 1 aromatic carbocycles. The maximum absolute atomic E-state index is 12.3. The third kappa shape index (κ3) is 2.82. The van der Waals surface area contributed by atoms with Crippen molar-refractivity contribution in [3.63, 3.8) is 0 Å². The molecule has 0 radical (unpaired) electrons. The van der Waals surface area contributed by atoms with Gasteiger partial charge in [-0.25, -0.2) is 0 Å². The number of carbonyl (C=O) groups is 1. The van der Waals surface area contributed by atoms with Gasteiger partial charge >= 0.3 is 0 Å². The van der Waals surface area contributed by atoms with Crippen molar-refractivity contribution in [3.8, 4) is 0 Å². The SMILES string of the molecule is CC1CSCCN1C(=O)[C@H](N)c1ccccc1. The summed E-state index contributed by atoms with van der Waals surface area (Å²) in [7, 11) is 0. The first-order valence-corrected chi connectivity index (χ1v) is 7.04. The summed E-state index contributed by atoms with van der Waals surface area (Å²) in [6.07, 6.45) is 0. The summed E-state index contributed by atoms with van der Waals surface area (Å²) in [5.74, 6) is 2.06. The predicted octanol–water partition coefficient (Wildman–Crippen LogP) is 1.65. The Morgan fingerprint density at radius 2 is 2.18 bits per heavy atom. The summed E-state index contributed by atoms with van der Waals surface area (Å²) in [4.78, 5) is 14.2. The topological polar surface area (TPSA) is 46.3 Å². The number of hydrogen-bond acceptors (Lipinski definition) is 3. The zero-order chi connectivity index (χ0) is 12.3. The van der Waals surface area contributed by atoms with Crippen molar-refractivity contribution in [2.24, 2.45) is 5.73 Å². The smallest absolute Gasteiger partial charge is 0.244 e. The second kappa shape index (κ2) is 5.56. The Balaban J connectivity index is 2.09. The van der Waals surface area contributed by atoms with Gasteiger partial charge in [0.15, 0.2) is 0 Å². The molecule has 1 aromatic rings. The molecule has 2 N–H and O–H groups in total. The molecule has 1 aliphatic heterocycles. The molecule has 0 aromatic heterocycles. The molecular formula is C13H18N2OS. The molecule has 1 amide bonds. The monoisotopic (exact) mass is 250 g/mol. The standard InChI is InChI=1S/C13H18N2OS/c1-10-9-17-8-7-15(10)13(16)12(14)11-5-3-2-4-6-11/h2-6,10,12H,7-9,14H2,1H3/t10?,12-/m1/s1. The van der Waals surface area contributed by atoms with Crippen LogP contribution in [0, 0.1) is 0 Å². The van der Waals surface area contributed by atoms with Crippen LogP contribution in [-0.4, -0.2) is 34.9 Å². The van der Waals surface area contributed by atoms with Crippen LogP contribution in [0.15, 0.2) is 30.3 Å². The zero-order valence-electron chi connectivity index (χ0n) is 10.0. The maximum Gasteiger partial charge on any atom is 0.244 e. The van der Waals surface area contributed by atoms with Gasteiger partial charge in [-0.3, -0.25) is 4.79 Å². The summed E-state index contributed by atoms with van der Waals surface area (Å²) < 4.78 is 0. The van der Waals surface area contributed by atoms with E-state index in [1.807, 2.05) is 47.0 Å². The van der Waals surface area contributed by atoms with E-state index in [1.54, 1.807) is 0 Å². The van der Waals surface area contributed by atoms with E-state index in [4.69, 9.17) is 5.73 Å². The first-order chi connectivity index (χ1) is 8.20. The Labute approximate surface area is 106 Å². The molecule has 0 saturated carbocycles. The Bertz CT molecular complexity index is 382. The first kappa shape index (κ1) is 12.5. The van der Waals surface area contributed by atoms with Crippen molar-refractivity contribution < 1.29 is 4.79 Å². The van der Waals surface area contributed by atoms with Gasteiger partial charge in [-0.1, -0.05) is 30.3 Å². The molecule has 1 unspecified atom stereocenters. The first-order valence-electron chi connectivity index (χ1n) is 5.89. The Morgan fingerprint density at radius 1 is 1.47 bits per heavy atom. The van der Waals surface area contributed by atoms with Crippen molar-refractivity contribution in [3.05, 3.63) is 35.9 Å². The van der Waals surface area contributed by atoms with Gasteiger partial charge in [-0.2, -0.15) is 11.8 Å². The Hall–Kier alpha value is -1.00. The van der Waals surface area contributed by atoms with Crippen LogP contribution in [0.3, 0.4) is 0 Å². The molecule has 92 valence electrons. The Kier molecular flexibility index (Phi) is 4.07. The number of benzene rings is 1. The molecule has 0 spiro atoms. The highest BCUT2D eigenvalue weighted by Gasteiger charge is 2.28. The molecule has 4 heteroatoms. The van der Waals surface area contributed by atoms with E-state index < -0.39 is 6.04 Å². The molecule has 2 atom stereocenters. The number of hydrogen-bond donors (Lipinski definition) is 1. The summed E-state index contributed by atoms with van der Waals surface area (Å²) in [6, 6.07) is 9.34. The van der Waals surface area contributed by atoms with Crippen LogP contribution < -0.4 is 5.73 Å². The maximum atomic E-state index is 12.3. The van der Waals surface area contributed by atoms with Crippen molar-refractivity contribution in [2.45, 2.75) is 19.0 Å². The summed E-state index contributed by atoms with van der Waals surface area (Å²) in [6.45, 7) is 2.90. The van der Waals surface area contributed by atoms with Gasteiger partial charge in [0.1, 0.15) is 6.04 Å². The van der Waals surface area contributed by atoms with Crippen LogP contribution in [0.5, 0.6) is 0 Å². The normalized spacial score (nSPS) is 22.2. The molecule has 2 rings (SSSR count).